The van der Waals surface area contributed by atoms with E-state index in [1.54, 1.807) is 31.2 Å². The van der Waals surface area contributed by atoms with E-state index in [9.17, 15) is 9.59 Å². The van der Waals surface area contributed by atoms with Crippen LogP contribution in [0.5, 0.6) is 0 Å². The monoisotopic (exact) mass is 368 g/mol. The van der Waals surface area contributed by atoms with E-state index in [-0.39, 0.29) is 0 Å². The van der Waals surface area contributed by atoms with Gasteiger partial charge in [0.15, 0.2) is 6.61 Å². The molecule has 6 heteroatoms. The third-order valence-electron chi connectivity index (χ3n) is 4.02. The van der Waals surface area contributed by atoms with Crippen LogP contribution in [-0.2, 0) is 9.53 Å². The number of esters is 1. The number of hydrogen-bond donors (Lipinski definition) is 1. The molecule has 0 aliphatic rings. The Kier molecular flexibility index (Phi) is 5.19. The van der Waals surface area contributed by atoms with Crippen molar-refractivity contribution in [2.75, 3.05) is 11.9 Å². The van der Waals surface area contributed by atoms with Gasteiger partial charge in [-0.1, -0.05) is 41.9 Å². The molecule has 0 unspecified atom stereocenters. The van der Waals surface area contributed by atoms with E-state index in [0.29, 0.717) is 22.0 Å². The summed E-state index contributed by atoms with van der Waals surface area (Å²) in [6.07, 6.45) is 0. The van der Waals surface area contributed by atoms with Crippen LogP contribution in [0.2, 0.25) is 5.02 Å². The summed E-state index contributed by atoms with van der Waals surface area (Å²) in [7, 11) is 0. The fraction of sp³-hybridized carbons (Fsp3) is 0.150. The van der Waals surface area contributed by atoms with Crippen LogP contribution in [0.1, 0.15) is 21.6 Å². The zero-order valence-corrected chi connectivity index (χ0v) is 15.1. The first kappa shape index (κ1) is 17.9. The van der Waals surface area contributed by atoms with E-state index in [4.69, 9.17) is 16.3 Å². The number of pyridine rings is 1. The number of nitrogens with one attached hydrogen (secondary N) is 1. The molecule has 0 radical (unpaired) electrons. The number of carbonyl (C=O) groups is 2. The molecule has 1 aromatic heterocycles. The van der Waals surface area contributed by atoms with Crippen LogP contribution in [-0.4, -0.2) is 23.5 Å². The van der Waals surface area contributed by atoms with E-state index in [1.165, 1.54) is 0 Å². The molecular formula is C20H17ClN2O3. The van der Waals surface area contributed by atoms with Crippen molar-refractivity contribution in [1.29, 1.82) is 0 Å². The molecule has 2 aromatic carbocycles. The molecule has 0 spiro atoms. The first-order valence-corrected chi connectivity index (χ1v) is 8.42. The van der Waals surface area contributed by atoms with Gasteiger partial charge >= 0.3 is 5.97 Å². The van der Waals surface area contributed by atoms with Gasteiger partial charge in [0.05, 0.1) is 27.5 Å². The smallest absolute Gasteiger partial charge is 0.340 e. The summed E-state index contributed by atoms with van der Waals surface area (Å²) in [5, 5.41) is 3.91. The molecule has 0 bridgehead atoms. The lowest BCUT2D eigenvalue weighted by molar-refractivity contribution is -0.119. The molecule has 0 saturated carbocycles. The van der Waals surface area contributed by atoms with Crippen LogP contribution < -0.4 is 5.32 Å². The zero-order valence-electron chi connectivity index (χ0n) is 14.4. The summed E-state index contributed by atoms with van der Waals surface area (Å²) in [4.78, 5) is 29.0. The second kappa shape index (κ2) is 7.54. The number of aryl methyl sites for hydroxylation is 2. The zero-order chi connectivity index (χ0) is 18.7. The SMILES string of the molecule is Cc1nc2ccccc2c(C)c1C(=O)OCC(=O)Nc1ccccc1Cl. The molecule has 0 saturated heterocycles. The molecule has 1 amide bonds. The summed E-state index contributed by atoms with van der Waals surface area (Å²) in [6, 6.07) is 14.4. The lowest BCUT2D eigenvalue weighted by Gasteiger charge is -2.12. The van der Waals surface area contributed by atoms with Crippen molar-refractivity contribution in [2.45, 2.75) is 13.8 Å². The maximum atomic E-state index is 12.5. The van der Waals surface area contributed by atoms with Gasteiger partial charge in [0.2, 0.25) is 0 Å². The predicted octanol–water partition coefficient (Wildman–Crippen LogP) is 4.30. The Morgan fingerprint density at radius 2 is 1.77 bits per heavy atom. The van der Waals surface area contributed by atoms with Crippen LogP contribution in [0, 0.1) is 13.8 Å². The van der Waals surface area contributed by atoms with Crippen molar-refractivity contribution >= 4 is 40.1 Å². The van der Waals surface area contributed by atoms with Gasteiger partial charge in [0.25, 0.3) is 5.91 Å². The van der Waals surface area contributed by atoms with Gasteiger partial charge in [-0.3, -0.25) is 9.78 Å². The number of para-hydroxylation sites is 2. The molecule has 5 nitrogen and oxygen atoms in total. The molecule has 3 rings (SSSR count). The van der Waals surface area contributed by atoms with Crippen molar-refractivity contribution in [1.82, 2.24) is 4.98 Å². The Labute approximate surface area is 156 Å². The maximum absolute atomic E-state index is 12.5. The summed E-state index contributed by atoms with van der Waals surface area (Å²) < 4.78 is 5.18. The molecule has 0 atom stereocenters. The van der Waals surface area contributed by atoms with E-state index in [2.05, 4.69) is 10.3 Å². The van der Waals surface area contributed by atoms with E-state index in [0.717, 1.165) is 16.5 Å². The molecule has 0 fully saturated rings. The average molecular weight is 369 g/mol. The average Bonchev–Trinajstić information content (AvgIpc) is 2.62. The minimum Gasteiger partial charge on any atom is -0.452 e. The highest BCUT2D eigenvalue weighted by Gasteiger charge is 2.19. The van der Waals surface area contributed by atoms with Crippen molar-refractivity contribution < 1.29 is 14.3 Å². The minimum atomic E-state index is -0.576. The second-order valence-corrected chi connectivity index (χ2v) is 6.23. The normalized spacial score (nSPS) is 10.6. The predicted molar refractivity (Wildman–Crippen MR) is 102 cm³/mol. The van der Waals surface area contributed by atoms with Crippen molar-refractivity contribution in [3.8, 4) is 0 Å². The summed E-state index contributed by atoms with van der Waals surface area (Å²) in [5.41, 5.74) is 3.02. The number of carbonyl (C=O) groups excluding carboxylic acids is 2. The van der Waals surface area contributed by atoms with Crippen LogP contribution in [0.15, 0.2) is 48.5 Å². The van der Waals surface area contributed by atoms with Gasteiger partial charge in [-0.2, -0.15) is 0 Å². The molecule has 3 aromatic rings. The topological polar surface area (TPSA) is 68.3 Å². The third kappa shape index (κ3) is 3.68. The molecule has 1 heterocycles. The fourth-order valence-electron chi connectivity index (χ4n) is 2.78. The van der Waals surface area contributed by atoms with Gasteiger partial charge in [-0.05, 0) is 37.6 Å². The van der Waals surface area contributed by atoms with E-state index >= 15 is 0 Å². The maximum Gasteiger partial charge on any atom is 0.340 e. The van der Waals surface area contributed by atoms with Gasteiger partial charge in [-0.15, -0.1) is 0 Å². The Bertz CT molecular complexity index is 1000. The Balaban J connectivity index is 1.73. The molecule has 1 N–H and O–H groups in total. The van der Waals surface area contributed by atoms with E-state index in [1.807, 2.05) is 31.2 Å². The summed E-state index contributed by atoms with van der Waals surface area (Å²) >= 11 is 5.99. The first-order chi connectivity index (χ1) is 12.5. The number of halogens is 1. The Morgan fingerprint density at radius 1 is 1.08 bits per heavy atom. The van der Waals surface area contributed by atoms with Crippen molar-refractivity contribution in [3.63, 3.8) is 0 Å². The largest absolute Gasteiger partial charge is 0.452 e. The second-order valence-electron chi connectivity index (χ2n) is 5.82. The highest BCUT2D eigenvalue weighted by Crippen LogP contribution is 2.23. The number of hydrogen-bond acceptors (Lipinski definition) is 4. The standard InChI is InChI=1S/C20H17ClN2O3/c1-12-14-7-3-5-9-16(14)22-13(2)19(12)20(25)26-11-18(24)23-17-10-6-4-8-15(17)21/h3-10H,11H2,1-2H3,(H,23,24). The summed E-state index contributed by atoms with van der Waals surface area (Å²) in [6.45, 7) is 3.19. The number of amides is 1. The Morgan fingerprint density at radius 3 is 2.54 bits per heavy atom. The highest BCUT2D eigenvalue weighted by molar-refractivity contribution is 6.33. The number of anilines is 1. The number of rotatable bonds is 4. The lowest BCUT2D eigenvalue weighted by atomic mass is 10.0. The summed E-state index contributed by atoms with van der Waals surface area (Å²) in [5.74, 6) is -1.04. The van der Waals surface area contributed by atoms with Crippen molar-refractivity contribution in [2.24, 2.45) is 0 Å². The fourth-order valence-corrected chi connectivity index (χ4v) is 2.97. The number of nitrogens with zero attached hydrogens (tertiary/aromatic N) is 1. The Hall–Kier alpha value is -2.92. The quantitative estimate of drug-likeness (QED) is 0.697. The highest BCUT2D eigenvalue weighted by atomic mass is 35.5. The van der Waals surface area contributed by atoms with Crippen LogP contribution in [0.25, 0.3) is 10.9 Å². The van der Waals surface area contributed by atoms with Crippen LogP contribution in [0.4, 0.5) is 5.69 Å². The number of fused-ring (bicyclic) bond motifs is 1. The molecule has 132 valence electrons. The molecule has 0 aliphatic heterocycles. The van der Waals surface area contributed by atoms with Crippen LogP contribution in [0.3, 0.4) is 0 Å². The van der Waals surface area contributed by atoms with Gasteiger partial charge in [0, 0.05) is 5.39 Å². The van der Waals surface area contributed by atoms with Gasteiger partial charge in [0.1, 0.15) is 0 Å². The first-order valence-electron chi connectivity index (χ1n) is 8.05. The van der Waals surface area contributed by atoms with Crippen molar-refractivity contribution in [3.05, 3.63) is 70.4 Å². The van der Waals surface area contributed by atoms with Crippen LogP contribution >= 0.6 is 11.6 Å². The molecule has 26 heavy (non-hydrogen) atoms. The van der Waals surface area contributed by atoms with Gasteiger partial charge in [-0.25, -0.2) is 4.79 Å². The van der Waals surface area contributed by atoms with Gasteiger partial charge < -0.3 is 10.1 Å². The third-order valence-corrected chi connectivity index (χ3v) is 4.35. The number of benzene rings is 2. The molecule has 0 aliphatic carbocycles. The number of ether oxygens (including phenoxy) is 1. The lowest BCUT2D eigenvalue weighted by Crippen LogP contribution is -2.22. The van der Waals surface area contributed by atoms with E-state index < -0.39 is 18.5 Å². The molecular weight excluding hydrogens is 352 g/mol. The number of aromatic nitrogens is 1. The minimum absolute atomic E-state index is 0.384.